The first-order valence-electron chi connectivity index (χ1n) is 18.2. The maximum Gasteiger partial charge on any atom is 0.250 e. The van der Waals surface area contributed by atoms with Crippen molar-refractivity contribution >= 4 is 61.2 Å². The van der Waals surface area contributed by atoms with Crippen molar-refractivity contribution < 1.29 is 18.9 Å². The summed E-state index contributed by atoms with van der Waals surface area (Å²) in [6.07, 6.45) is 5.65. The van der Waals surface area contributed by atoms with Crippen molar-refractivity contribution in [2.45, 2.75) is 37.5 Å². The number of nitrogens with one attached hydrogen (secondary N) is 2. The summed E-state index contributed by atoms with van der Waals surface area (Å²) >= 11 is 16.2. The Kier molecular flexibility index (Phi) is 11.3. The van der Waals surface area contributed by atoms with Crippen LogP contribution in [0.4, 0.5) is 0 Å². The molecule has 2 fully saturated rings. The Hall–Kier alpha value is -4.65. The van der Waals surface area contributed by atoms with Gasteiger partial charge in [0.05, 0.1) is 25.6 Å². The van der Waals surface area contributed by atoms with Gasteiger partial charge in [0.1, 0.15) is 34.2 Å². The number of benzene rings is 4. The molecule has 0 unspecified atom stereocenters. The van der Waals surface area contributed by atoms with Crippen LogP contribution in [0.2, 0.25) is 10.0 Å². The van der Waals surface area contributed by atoms with E-state index in [0.29, 0.717) is 44.9 Å². The predicted molar refractivity (Wildman–Crippen MR) is 219 cm³/mol. The number of aryl methyl sites for hydroxylation is 1. The number of para-hydroxylation sites is 2. The second-order valence-corrected chi connectivity index (χ2v) is 15.2. The molecular formula is C42H38BrCl2N5O5. The molecule has 0 radical (unpaired) electrons. The first kappa shape index (κ1) is 37.3. The van der Waals surface area contributed by atoms with E-state index in [2.05, 4.69) is 25.9 Å². The Morgan fingerprint density at radius 1 is 0.691 bits per heavy atom. The topological polar surface area (TPSA) is 116 Å². The number of H-pyrrole nitrogens is 2. The van der Waals surface area contributed by atoms with E-state index in [1.807, 2.05) is 66.7 Å². The van der Waals surface area contributed by atoms with E-state index < -0.39 is 0 Å². The maximum absolute atomic E-state index is 11.9. The zero-order valence-corrected chi connectivity index (χ0v) is 33.1. The van der Waals surface area contributed by atoms with Crippen molar-refractivity contribution in [1.82, 2.24) is 24.5 Å². The Bertz CT molecular complexity index is 2520. The highest BCUT2D eigenvalue weighted by Gasteiger charge is 2.24. The average molecular weight is 844 g/mol. The van der Waals surface area contributed by atoms with Crippen molar-refractivity contribution in [3.05, 3.63) is 128 Å². The number of fused-ring (bicyclic) bond motifs is 2. The Balaban J connectivity index is 0.000000160. The van der Waals surface area contributed by atoms with Crippen LogP contribution < -0.4 is 15.0 Å². The Morgan fingerprint density at radius 2 is 1.20 bits per heavy atom. The fourth-order valence-electron chi connectivity index (χ4n) is 6.90. The van der Waals surface area contributed by atoms with Crippen molar-refractivity contribution in [2.75, 3.05) is 26.4 Å². The largest absolute Gasteiger partial charge is 0.453 e. The van der Waals surface area contributed by atoms with Crippen LogP contribution in [0.15, 0.2) is 100 Å². The molecule has 0 bridgehead atoms. The van der Waals surface area contributed by atoms with Gasteiger partial charge in [-0.1, -0.05) is 47.5 Å². The van der Waals surface area contributed by atoms with E-state index in [1.165, 1.54) is 0 Å². The average Bonchev–Trinajstić information content (AvgIpc) is 3.86. The molecule has 2 N–H and O–H groups in total. The molecule has 282 valence electrons. The van der Waals surface area contributed by atoms with Gasteiger partial charge in [-0.25, -0.2) is 9.97 Å². The molecule has 3 aromatic heterocycles. The van der Waals surface area contributed by atoms with Gasteiger partial charge in [-0.3, -0.25) is 4.79 Å². The third-order valence-corrected chi connectivity index (χ3v) is 11.2. The molecule has 0 atom stereocenters. The summed E-state index contributed by atoms with van der Waals surface area (Å²) in [4.78, 5) is 28.6. The van der Waals surface area contributed by atoms with Crippen molar-refractivity contribution in [3.8, 4) is 34.1 Å². The molecule has 7 aromatic rings. The third kappa shape index (κ3) is 8.17. The van der Waals surface area contributed by atoms with E-state index in [0.717, 1.165) is 101 Å². The van der Waals surface area contributed by atoms with Gasteiger partial charge in [-0.15, -0.1) is 0 Å². The lowest BCUT2D eigenvalue weighted by Crippen LogP contribution is -2.15. The van der Waals surface area contributed by atoms with Gasteiger partial charge < -0.3 is 33.5 Å². The molecule has 2 aliphatic heterocycles. The van der Waals surface area contributed by atoms with Crippen LogP contribution in [0.25, 0.3) is 33.2 Å². The zero-order valence-electron chi connectivity index (χ0n) is 30.0. The van der Waals surface area contributed by atoms with Crippen LogP contribution in [-0.4, -0.2) is 50.9 Å². The predicted octanol–water partition coefficient (Wildman–Crippen LogP) is 10.9. The molecular weight excluding hydrogens is 805 g/mol. The quantitative estimate of drug-likeness (QED) is 0.164. The summed E-state index contributed by atoms with van der Waals surface area (Å²) in [5, 5.41) is 1.09. The molecule has 13 heteroatoms. The number of nitrogens with zero attached hydrogens (tertiary/aromatic N) is 3. The number of ether oxygens (including phenoxy) is 4. The molecule has 55 heavy (non-hydrogen) atoms. The number of imidazole rings is 2. The lowest BCUT2D eigenvalue weighted by Gasteiger charge is -2.19. The number of pyridine rings is 1. The first-order valence-corrected chi connectivity index (χ1v) is 19.8. The summed E-state index contributed by atoms with van der Waals surface area (Å²) in [5.74, 6) is 5.12. The number of rotatable bonds is 7. The molecule has 5 heterocycles. The van der Waals surface area contributed by atoms with E-state index >= 15 is 0 Å². The number of hydrogen-bond acceptors (Lipinski definition) is 7. The van der Waals surface area contributed by atoms with Crippen LogP contribution >= 0.6 is 39.1 Å². The van der Waals surface area contributed by atoms with Crippen molar-refractivity contribution in [3.63, 3.8) is 0 Å². The van der Waals surface area contributed by atoms with Crippen LogP contribution in [0.5, 0.6) is 23.0 Å². The molecule has 0 saturated carbocycles. The third-order valence-electron chi connectivity index (χ3n) is 9.92. The SMILES string of the molecule is Clc1ccccc1Oc1c(Br)ccc2[nH]c(C3CCOCC3)nc12.Cn1cc(-c2ccc3[nH]c(C4CCOCC4)nc3c2Oc2ccccc2Cl)ccc1=O. The Labute approximate surface area is 335 Å². The standard InChI is InChI=1S/C24H22ClN3O3.C18H16BrClN2O2/c1-28-14-16(6-9-21(28)29)17-7-8-19-22(23(17)31-20-5-3-2-4-18(20)25)27-24(26-19)15-10-12-30-13-11-15;19-12-5-6-14-16(17(12)24-15-4-2-1-3-13(15)20)22-18(21-14)11-7-9-23-10-8-11/h2-9,14-15H,10-13H2,1H3,(H,26,27);1-6,11H,7-10H2,(H,21,22). The zero-order chi connectivity index (χ0) is 37.9. The fourth-order valence-corrected chi connectivity index (χ4v) is 7.65. The van der Waals surface area contributed by atoms with Gasteiger partial charge in [0.15, 0.2) is 11.5 Å². The fraction of sp³-hybridized carbons (Fsp3) is 0.262. The van der Waals surface area contributed by atoms with Gasteiger partial charge in [0.2, 0.25) is 5.56 Å². The minimum atomic E-state index is -0.0695. The van der Waals surface area contributed by atoms with Gasteiger partial charge in [0, 0.05) is 68.7 Å². The second kappa shape index (κ2) is 16.6. The summed E-state index contributed by atoms with van der Waals surface area (Å²) in [6.45, 7) is 3.06. The lowest BCUT2D eigenvalue weighted by atomic mass is 10.00. The number of halogens is 3. The minimum Gasteiger partial charge on any atom is -0.453 e. The smallest absolute Gasteiger partial charge is 0.250 e. The van der Waals surface area contributed by atoms with Crippen molar-refractivity contribution in [1.29, 1.82) is 0 Å². The van der Waals surface area contributed by atoms with Crippen LogP contribution in [-0.2, 0) is 16.5 Å². The summed E-state index contributed by atoms with van der Waals surface area (Å²) < 4.78 is 25.8. The summed E-state index contributed by atoms with van der Waals surface area (Å²) in [5.41, 5.74) is 5.05. The monoisotopic (exact) mass is 841 g/mol. The summed E-state index contributed by atoms with van der Waals surface area (Å²) in [6, 6.07) is 26.1. The van der Waals surface area contributed by atoms with Crippen LogP contribution in [0, 0.1) is 0 Å². The summed E-state index contributed by atoms with van der Waals surface area (Å²) in [7, 11) is 1.73. The second-order valence-electron chi connectivity index (χ2n) is 13.6. The molecule has 9 rings (SSSR count). The first-order chi connectivity index (χ1) is 26.8. The van der Waals surface area contributed by atoms with E-state index in [1.54, 1.807) is 36.0 Å². The normalized spacial score (nSPS) is 15.2. The highest BCUT2D eigenvalue weighted by molar-refractivity contribution is 9.10. The highest BCUT2D eigenvalue weighted by Crippen LogP contribution is 2.42. The van der Waals surface area contributed by atoms with Crippen LogP contribution in [0.1, 0.15) is 49.2 Å². The molecule has 10 nitrogen and oxygen atoms in total. The minimum absolute atomic E-state index is 0.0695. The van der Waals surface area contributed by atoms with Crippen LogP contribution in [0.3, 0.4) is 0 Å². The van der Waals surface area contributed by atoms with E-state index in [-0.39, 0.29) is 5.56 Å². The van der Waals surface area contributed by atoms with Gasteiger partial charge in [-0.2, -0.15) is 0 Å². The lowest BCUT2D eigenvalue weighted by molar-refractivity contribution is 0.0837. The molecule has 2 saturated heterocycles. The number of aromatic nitrogens is 5. The number of hydrogen-bond donors (Lipinski definition) is 2. The molecule has 0 spiro atoms. The molecule has 2 aliphatic rings. The van der Waals surface area contributed by atoms with Gasteiger partial charge in [-0.05, 0) is 96.2 Å². The van der Waals surface area contributed by atoms with Gasteiger partial charge in [0.25, 0.3) is 0 Å². The van der Waals surface area contributed by atoms with Crippen molar-refractivity contribution in [2.24, 2.45) is 7.05 Å². The molecule has 0 amide bonds. The number of aromatic amines is 2. The Morgan fingerprint density at radius 3 is 1.75 bits per heavy atom. The van der Waals surface area contributed by atoms with E-state index in [9.17, 15) is 4.79 Å². The van der Waals surface area contributed by atoms with E-state index in [4.69, 9.17) is 52.1 Å². The molecule has 4 aromatic carbocycles. The van der Waals surface area contributed by atoms with Gasteiger partial charge >= 0.3 is 0 Å². The molecule has 0 aliphatic carbocycles. The highest BCUT2D eigenvalue weighted by atomic mass is 79.9. The maximum atomic E-state index is 11.9.